The van der Waals surface area contributed by atoms with Gasteiger partial charge < -0.3 is 13.9 Å². The normalized spacial score (nSPS) is 14.5. The van der Waals surface area contributed by atoms with Crippen molar-refractivity contribution in [3.8, 4) is 113 Å². The van der Waals surface area contributed by atoms with E-state index in [4.69, 9.17) is 38.8 Å². The number of para-hydroxylation sites is 1. The lowest BCUT2D eigenvalue weighted by atomic mass is 9.92. The summed E-state index contributed by atoms with van der Waals surface area (Å²) in [4.78, 5) is 24.7. The first-order valence-corrected chi connectivity index (χ1v) is 25.0. The number of furan rings is 1. The Balaban J connectivity index is 0.805. The van der Waals surface area contributed by atoms with Gasteiger partial charge in [-0.1, -0.05) is 146 Å². The third-order valence-electron chi connectivity index (χ3n) is 14.0. The van der Waals surface area contributed by atoms with Gasteiger partial charge in [-0.3, -0.25) is 9.97 Å². The van der Waals surface area contributed by atoms with Crippen LogP contribution in [0.25, 0.3) is 123 Å². The van der Waals surface area contributed by atoms with Crippen LogP contribution in [0.4, 0.5) is 0 Å². The van der Waals surface area contributed by atoms with Gasteiger partial charge in [-0.05, 0) is 124 Å². The van der Waals surface area contributed by atoms with Crippen molar-refractivity contribution in [2.24, 2.45) is 0 Å². The highest BCUT2D eigenvalue weighted by Crippen LogP contribution is 2.50. The second kappa shape index (κ2) is 18.5. The molecule has 0 radical (unpaired) electrons. The topological polar surface area (TPSA) is 96.1 Å². The third kappa shape index (κ3) is 8.30. The lowest BCUT2D eigenvalue weighted by Gasteiger charge is -2.34. The molecule has 0 N–H and O–H groups in total. The average Bonchev–Trinajstić information content (AvgIpc) is 3.87. The van der Waals surface area contributed by atoms with Crippen LogP contribution in [0, 0.1) is 0 Å². The van der Waals surface area contributed by atoms with Crippen LogP contribution in [0.5, 0.6) is 11.5 Å². The molecule has 5 heterocycles. The average molecular weight is 966 g/mol. The molecule has 0 saturated carbocycles. The van der Waals surface area contributed by atoms with E-state index in [9.17, 15) is 0 Å². The summed E-state index contributed by atoms with van der Waals surface area (Å²) < 4.78 is 20.0. The first-order valence-electron chi connectivity index (χ1n) is 25.0. The molecular weight excluding hydrogens is 923 g/mol. The van der Waals surface area contributed by atoms with Gasteiger partial charge in [0, 0.05) is 62.1 Å². The van der Waals surface area contributed by atoms with Crippen molar-refractivity contribution < 1.29 is 13.9 Å². The fourth-order valence-electron chi connectivity index (χ4n) is 10.2. The van der Waals surface area contributed by atoms with Crippen molar-refractivity contribution in [2.45, 2.75) is 12.2 Å². The Bertz CT molecular complexity index is 4100. The number of pyridine rings is 2. The van der Waals surface area contributed by atoms with Crippen LogP contribution in [0.15, 0.2) is 253 Å². The van der Waals surface area contributed by atoms with Gasteiger partial charge >= 0.3 is 0 Å². The molecule has 0 amide bonds. The van der Waals surface area contributed by atoms with Gasteiger partial charge in [-0.2, -0.15) is 0 Å². The molecule has 12 aromatic rings. The smallest absolute Gasteiger partial charge is 0.170 e. The van der Waals surface area contributed by atoms with Gasteiger partial charge in [0.1, 0.15) is 11.2 Å². The van der Waals surface area contributed by atoms with Crippen LogP contribution in [0.1, 0.15) is 0 Å². The summed E-state index contributed by atoms with van der Waals surface area (Å²) in [6, 6.07) is 72.7. The zero-order valence-corrected chi connectivity index (χ0v) is 40.3. The monoisotopic (exact) mass is 965 g/mol. The zero-order valence-electron chi connectivity index (χ0n) is 40.3. The number of fused-ring (bicyclic) bond motifs is 5. The Morgan fingerprint density at radius 2 is 0.747 bits per heavy atom. The van der Waals surface area contributed by atoms with E-state index in [2.05, 4.69) is 152 Å². The fourth-order valence-corrected chi connectivity index (χ4v) is 10.2. The number of nitrogens with zero attached hydrogens (tertiary/aromatic N) is 5. The highest BCUT2D eigenvalue weighted by Gasteiger charge is 2.33. The molecule has 2 unspecified atom stereocenters. The third-order valence-corrected chi connectivity index (χ3v) is 14.0. The van der Waals surface area contributed by atoms with E-state index in [1.165, 1.54) is 0 Å². The molecule has 0 saturated heterocycles. The minimum absolute atomic E-state index is 0.268. The number of benzene rings is 8. The van der Waals surface area contributed by atoms with Crippen molar-refractivity contribution >= 4 is 21.9 Å². The Morgan fingerprint density at radius 1 is 0.307 bits per heavy atom. The summed E-state index contributed by atoms with van der Waals surface area (Å²) in [6.45, 7) is 0. The molecule has 2 aliphatic rings. The van der Waals surface area contributed by atoms with Crippen molar-refractivity contribution in [1.82, 2.24) is 24.9 Å². The van der Waals surface area contributed by atoms with Crippen LogP contribution in [-0.4, -0.2) is 37.1 Å². The Morgan fingerprint density at radius 3 is 1.31 bits per heavy atom. The van der Waals surface area contributed by atoms with Gasteiger partial charge in [0.05, 0.1) is 11.4 Å². The van der Waals surface area contributed by atoms with Gasteiger partial charge in [-0.25, -0.2) is 15.0 Å². The number of hydrogen-bond donors (Lipinski definition) is 0. The standard InChI is InChI=1S/C67H43N5O3/c1-2-12-42(13-3-1)43-22-28-47(29-23-43)65-70-66(72-67(71-65)49-32-35-60-56(41-49)55-14-4-5-17-59(55)73-60)48-30-24-45(25-31-48)44-20-26-46(27-21-44)53-33-34-54(64-63(53)74-61-18-6-7-19-62(61)75-64)50-38-51(57-15-8-10-36-68-57)40-52(39-50)58-16-9-11-37-69-58/h1-41,61-62H. The molecule has 75 heavy (non-hydrogen) atoms. The van der Waals surface area contributed by atoms with Gasteiger partial charge in [0.15, 0.2) is 41.2 Å². The highest BCUT2D eigenvalue weighted by atomic mass is 16.6. The molecule has 8 aromatic carbocycles. The predicted octanol–water partition coefficient (Wildman–Crippen LogP) is 16.2. The summed E-state index contributed by atoms with van der Waals surface area (Å²) in [5, 5.41) is 2.06. The molecule has 14 rings (SSSR count). The van der Waals surface area contributed by atoms with E-state index in [-0.39, 0.29) is 12.2 Å². The van der Waals surface area contributed by atoms with E-state index < -0.39 is 0 Å². The van der Waals surface area contributed by atoms with Gasteiger partial charge in [-0.15, -0.1) is 0 Å². The lowest BCUT2D eigenvalue weighted by Crippen LogP contribution is -2.38. The van der Waals surface area contributed by atoms with Crippen LogP contribution in [0.2, 0.25) is 0 Å². The molecule has 8 nitrogen and oxygen atoms in total. The first-order chi connectivity index (χ1) is 37.1. The molecule has 0 spiro atoms. The maximum Gasteiger partial charge on any atom is 0.170 e. The molecule has 4 aromatic heterocycles. The molecular formula is C67H43N5O3. The van der Waals surface area contributed by atoms with Gasteiger partial charge in [0.2, 0.25) is 0 Å². The van der Waals surface area contributed by atoms with Crippen LogP contribution >= 0.6 is 0 Å². The lowest BCUT2D eigenvalue weighted by molar-refractivity contribution is 0.0769. The van der Waals surface area contributed by atoms with E-state index in [0.29, 0.717) is 29.0 Å². The number of aromatic nitrogens is 5. The van der Waals surface area contributed by atoms with Crippen LogP contribution in [-0.2, 0) is 0 Å². The highest BCUT2D eigenvalue weighted by molar-refractivity contribution is 6.06. The number of hydrogen-bond acceptors (Lipinski definition) is 8. The van der Waals surface area contributed by atoms with E-state index in [1.807, 2.05) is 97.3 Å². The number of ether oxygens (including phenoxy) is 2. The maximum absolute atomic E-state index is 6.92. The molecule has 0 fully saturated rings. The summed E-state index contributed by atoms with van der Waals surface area (Å²) in [5.74, 6) is 3.16. The summed E-state index contributed by atoms with van der Waals surface area (Å²) >= 11 is 0. The zero-order chi connectivity index (χ0) is 49.7. The largest absolute Gasteiger partial charge is 0.478 e. The summed E-state index contributed by atoms with van der Waals surface area (Å²) in [6.07, 6.45) is 11.2. The second-order valence-electron chi connectivity index (χ2n) is 18.7. The van der Waals surface area contributed by atoms with E-state index in [0.717, 1.165) is 106 Å². The SMILES string of the molecule is C1=CC2Oc3c(-c4ccc(-c5ccc(-c6nc(-c7ccc(-c8ccccc8)cc7)nc(-c7ccc8oc9ccccc9c8c7)n6)cc5)cc4)ccc(-c4cc(-c5ccccn5)cc(-c5ccccn5)c4)c3OC2C=C1. The van der Waals surface area contributed by atoms with Crippen molar-refractivity contribution in [3.63, 3.8) is 0 Å². The number of rotatable bonds is 9. The quantitative estimate of drug-likeness (QED) is 0.141. The summed E-state index contributed by atoms with van der Waals surface area (Å²) in [7, 11) is 0. The summed E-state index contributed by atoms with van der Waals surface area (Å²) in [5.41, 5.74) is 16.3. The maximum atomic E-state index is 6.92. The van der Waals surface area contributed by atoms with Crippen molar-refractivity contribution in [1.29, 1.82) is 0 Å². The van der Waals surface area contributed by atoms with Crippen molar-refractivity contribution in [2.75, 3.05) is 0 Å². The second-order valence-corrected chi connectivity index (χ2v) is 18.7. The van der Waals surface area contributed by atoms with Gasteiger partial charge in [0.25, 0.3) is 0 Å². The molecule has 2 atom stereocenters. The van der Waals surface area contributed by atoms with Crippen molar-refractivity contribution in [3.05, 3.63) is 249 Å². The Labute approximate surface area is 432 Å². The van der Waals surface area contributed by atoms with E-state index in [1.54, 1.807) is 0 Å². The molecule has 1 aliphatic carbocycles. The van der Waals surface area contributed by atoms with Crippen LogP contribution < -0.4 is 9.47 Å². The first kappa shape index (κ1) is 43.7. The minimum atomic E-state index is -0.273. The Kier molecular flexibility index (Phi) is 10.8. The molecule has 8 heteroatoms. The van der Waals surface area contributed by atoms with Crippen LogP contribution in [0.3, 0.4) is 0 Å². The predicted molar refractivity (Wildman–Crippen MR) is 299 cm³/mol. The molecule has 1 aliphatic heterocycles. The Hall–Kier alpha value is -10.1. The fraction of sp³-hybridized carbons (Fsp3) is 0.0299. The molecule has 0 bridgehead atoms. The molecule has 354 valence electrons. The minimum Gasteiger partial charge on any atom is -0.478 e. The number of allylic oxidation sites excluding steroid dienone is 2. The van der Waals surface area contributed by atoms with E-state index >= 15 is 0 Å².